The third-order valence-corrected chi connectivity index (χ3v) is 4.79. The molecule has 1 atom stereocenters. The minimum absolute atomic E-state index is 0.0967. The fourth-order valence-electron chi connectivity index (χ4n) is 2.01. The topological polar surface area (TPSA) is 24.9 Å². The first-order chi connectivity index (χ1) is 9.43. The van der Waals surface area contributed by atoms with Crippen LogP contribution in [0.2, 0.25) is 0 Å². The van der Waals surface area contributed by atoms with Gasteiger partial charge >= 0.3 is 0 Å². The molecule has 0 aliphatic carbocycles. The molecule has 1 heterocycles. The largest absolute Gasteiger partial charge is 0.305 e. The summed E-state index contributed by atoms with van der Waals surface area (Å²) in [4.78, 5) is 4.85. The Balaban J connectivity index is 2.39. The lowest BCUT2D eigenvalue weighted by molar-refractivity contribution is 0.562. The number of nitrogens with zero attached hydrogens (tertiary/aromatic N) is 1. The molecule has 1 aromatic carbocycles. The molecular formula is C16H21BrN2S. The Labute approximate surface area is 133 Å². The second kappa shape index (κ2) is 6.37. The highest BCUT2D eigenvalue weighted by atomic mass is 79.9. The zero-order valence-corrected chi connectivity index (χ0v) is 14.8. The van der Waals surface area contributed by atoms with Gasteiger partial charge in [-0.3, -0.25) is 0 Å². The predicted octanol–water partition coefficient (Wildman–Crippen LogP) is 4.90. The van der Waals surface area contributed by atoms with E-state index in [1.165, 1.54) is 5.56 Å². The summed E-state index contributed by atoms with van der Waals surface area (Å²) in [6.07, 6.45) is 0. The molecule has 4 heteroatoms. The van der Waals surface area contributed by atoms with Gasteiger partial charge in [0.2, 0.25) is 0 Å². The van der Waals surface area contributed by atoms with Gasteiger partial charge in [-0.2, -0.15) is 0 Å². The zero-order chi connectivity index (χ0) is 14.8. The van der Waals surface area contributed by atoms with Crippen molar-refractivity contribution in [3.63, 3.8) is 0 Å². The van der Waals surface area contributed by atoms with Gasteiger partial charge < -0.3 is 5.32 Å². The molecule has 20 heavy (non-hydrogen) atoms. The molecule has 2 rings (SSSR count). The molecule has 2 nitrogen and oxygen atoms in total. The maximum atomic E-state index is 4.85. The Morgan fingerprint density at radius 2 is 2.00 bits per heavy atom. The average molecular weight is 353 g/mol. The van der Waals surface area contributed by atoms with Crippen molar-refractivity contribution < 1.29 is 0 Å². The van der Waals surface area contributed by atoms with Crippen molar-refractivity contribution >= 4 is 27.3 Å². The molecule has 1 N–H and O–H groups in total. The van der Waals surface area contributed by atoms with E-state index >= 15 is 0 Å². The van der Waals surface area contributed by atoms with E-state index < -0.39 is 0 Å². The van der Waals surface area contributed by atoms with Crippen molar-refractivity contribution in [1.82, 2.24) is 10.3 Å². The van der Waals surface area contributed by atoms with E-state index in [1.54, 1.807) is 11.3 Å². The zero-order valence-electron chi connectivity index (χ0n) is 12.4. The third-order valence-electron chi connectivity index (χ3n) is 3.16. The van der Waals surface area contributed by atoms with Gasteiger partial charge in [0, 0.05) is 15.3 Å². The van der Waals surface area contributed by atoms with E-state index in [2.05, 4.69) is 72.5 Å². The predicted molar refractivity (Wildman–Crippen MR) is 90.5 cm³/mol. The van der Waals surface area contributed by atoms with Gasteiger partial charge in [-0.1, -0.05) is 61.8 Å². The molecule has 0 radical (unpaired) electrons. The van der Waals surface area contributed by atoms with Crippen LogP contribution in [-0.2, 0) is 5.41 Å². The Morgan fingerprint density at radius 1 is 1.30 bits per heavy atom. The second-order valence-corrected chi connectivity index (χ2v) is 7.58. The van der Waals surface area contributed by atoms with Crippen LogP contribution < -0.4 is 5.32 Å². The monoisotopic (exact) mass is 352 g/mol. The smallest absolute Gasteiger partial charge is 0.114 e. The van der Waals surface area contributed by atoms with Crippen molar-refractivity contribution in [2.45, 2.75) is 39.2 Å². The van der Waals surface area contributed by atoms with Crippen LogP contribution in [0.3, 0.4) is 0 Å². The number of thiazole rings is 1. The van der Waals surface area contributed by atoms with Gasteiger partial charge in [0.15, 0.2) is 0 Å². The second-order valence-electron chi connectivity index (χ2n) is 5.83. The normalized spacial score (nSPS) is 13.4. The van der Waals surface area contributed by atoms with Gasteiger partial charge in [0.05, 0.1) is 11.7 Å². The summed E-state index contributed by atoms with van der Waals surface area (Å²) in [6, 6.07) is 8.49. The van der Waals surface area contributed by atoms with Gasteiger partial charge in [-0.05, 0) is 18.2 Å². The molecule has 0 aliphatic heterocycles. The van der Waals surface area contributed by atoms with Crippen molar-refractivity contribution in [1.29, 1.82) is 0 Å². The Bertz CT molecular complexity index is 572. The maximum absolute atomic E-state index is 4.85. The van der Waals surface area contributed by atoms with Crippen molar-refractivity contribution in [3.8, 4) is 0 Å². The average Bonchev–Trinajstić information content (AvgIpc) is 2.86. The molecule has 0 aliphatic rings. The highest BCUT2D eigenvalue weighted by molar-refractivity contribution is 9.10. The lowest BCUT2D eigenvalue weighted by Crippen LogP contribution is -2.22. The summed E-state index contributed by atoms with van der Waals surface area (Å²) in [7, 11) is 0. The molecule has 0 saturated heterocycles. The van der Waals surface area contributed by atoms with E-state index in [0.717, 1.165) is 21.7 Å². The van der Waals surface area contributed by atoms with Crippen molar-refractivity contribution in [3.05, 3.63) is 50.4 Å². The minimum Gasteiger partial charge on any atom is -0.305 e. The highest BCUT2D eigenvalue weighted by Gasteiger charge is 2.23. The molecular weight excluding hydrogens is 332 g/mol. The van der Waals surface area contributed by atoms with Crippen LogP contribution in [0, 0.1) is 0 Å². The Morgan fingerprint density at radius 3 is 2.55 bits per heavy atom. The third kappa shape index (κ3) is 3.48. The molecule has 1 unspecified atom stereocenters. The molecule has 0 saturated carbocycles. The summed E-state index contributed by atoms with van der Waals surface area (Å²) in [5.41, 5.74) is 2.50. The number of rotatable bonds is 4. The Kier molecular flexibility index (Phi) is 4.99. The standard InChI is InChI=1S/C16H21BrN2S/c1-5-18-14(11-8-6-7-9-12(11)17)15-19-13(10-20-15)16(2,3)4/h6-10,14,18H,5H2,1-4H3. The van der Waals surface area contributed by atoms with Crippen LogP contribution in [0.4, 0.5) is 0 Å². The summed E-state index contributed by atoms with van der Waals surface area (Å²) in [5, 5.41) is 6.84. The molecule has 0 amide bonds. The molecule has 0 spiro atoms. The molecule has 108 valence electrons. The van der Waals surface area contributed by atoms with Gasteiger partial charge in [-0.25, -0.2) is 4.98 Å². The number of halogens is 1. The van der Waals surface area contributed by atoms with E-state index in [1.807, 2.05) is 6.07 Å². The molecule has 2 aromatic rings. The lowest BCUT2D eigenvalue weighted by atomic mass is 9.93. The number of aromatic nitrogens is 1. The highest BCUT2D eigenvalue weighted by Crippen LogP contribution is 2.32. The van der Waals surface area contributed by atoms with Crippen LogP contribution >= 0.6 is 27.3 Å². The van der Waals surface area contributed by atoms with Crippen LogP contribution in [-0.4, -0.2) is 11.5 Å². The summed E-state index contributed by atoms with van der Waals surface area (Å²) in [6.45, 7) is 9.64. The van der Waals surface area contributed by atoms with E-state index in [0.29, 0.717) is 0 Å². The van der Waals surface area contributed by atoms with Gasteiger partial charge in [0.1, 0.15) is 5.01 Å². The first-order valence-electron chi connectivity index (χ1n) is 6.87. The number of hydrogen-bond acceptors (Lipinski definition) is 3. The molecule has 0 fully saturated rings. The Hall–Kier alpha value is -0.710. The molecule has 0 bridgehead atoms. The van der Waals surface area contributed by atoms with Crippen LogP contribution in [0.5, 0.6) is 0 Å². The van der Waals surface area contributed by atoms with Gasteiger partial charge in [-0.15, -0.1) is 11.3 Å². The SMILES string of the molecule is CCNC(c1nc(C(C)(C)C)cs1)c1ccccc1Br. The van der Waals surface area contributed by atoms with Crippen molar-refractivity contribution in [2.75, 3.05) is 6.54 Å². The number of nitrogens with one attached hydrogen (secondary N) is 1. The maximum Gasteiger partial charge on any atom is 0.114 e. The summed E-state index contributed by atoms with van der Waals surface area (Å²) >= 11 is 5.38. The minimum atomic E-state index is 0.0967. The quantitative estimate of drug-likeness (QED) is 0.845. The first-order valence-corrected chi connectivity index (χ1v) is 8.54. The van der Waals surface area contributed by atoms with Gasteiger partial charge in [0.25, 0.3) is 0 Å². The first kappa shape index (κ1) is 15.7. The fourth-order valence-corrected chi connectivity index (χ4v) is 3.66. The summed E-state index contributed by atoms with van der Waals surface area (Å²) < 4.78 is 1.12. The van der Waals surface area contributed by atoms with E-state index in [-0.39, 0.29) is 11.5 Å². The van der Waals surface area contributed by atoms with E-state index in [9.17, 15) is 0 Å². The van der Waals surface area contributed by atoms with Crippen molar-refractivity contribution in [2.24, 2.45) is 0 Å². The van der Waals surface area contributed by atoms with Crippen LogP contribution in [0.15, 0.2) is 34.1 Å². The van der Waals surface area contributed by atoms with Crippen LogP contribution in [0.1, 0.15) is 50.0 Å². The number of hydrogen-bond donors (Lipinski definition) is 1. The fraction of sp³-hybridized carbons (Fsp3) is 0.438. The molecule has 1 aromatic heterocycles. The van der Waals surface area contributed by atoms with Crippen LogP contribution in [0.25, 0.3) is 0 Å². The summed E-state index contributed by atoms with van der Waals surface area (Å²) in [5.74, 6) is 0. The van der Waals surface area contributed by atoms with E-state index in [4.69, 9.17) is 4.98 Å². The lowest BCUT2D eigenvalue weighted by Gasteiger charge is -2.18. The number of benzene rings is 1.